The first-order valence-corrected chi connectivity index (χ1v) is 13.5. The predicted octanol–water partition coefficient (Wildman–Crippen LogP) is 5.09. The topological polar surface area (TPSA) is 77.8 Å². The maximum Gasteiger partial charge on any atom is 0.259 e. The highest BCUT2D eigenvalue weighted by atomic mass is 31.2. The minimum Gasteiger partial charge on any atom is -0.347 e. The molecule has 0 saturated heterocycles. The quantitative estimate of drug-likeness (QED) is 0.464. The van der Waals surface area contributed by atoms with Crippen LogP contribution in [0.5, 0.6) is 0 Å². The molecule has 0 aliphatic carbocycles. The molecule has 6 heteroatoms. The van der Waals surface area contributed by atoms with Crippen molar-refractivity contribution in [1.82, 2.24) is 0 Å². The van der Waals surface area contributed by atoms with E-state index in [1.54, 1.807) is 24.3 Å². The van der Waals surface area contributed by atoms with Crippen LogP contribution in [0.2, 0.25) is 0 Å². The maximum atomic E-state index is 13.7. The molecule has 0 fully saturated rings. The molecule has 1 atom stereocenters. The second-order valence-electron chi connectivity index (χ2n) is 10.2. The van der Waals surface area contributed by atoms with Gasteiger partial charge in [0.1, 0.15) is 0 Å². The van der Waals surface area contributed by atoms with Crippen molar-refractivity contribution in [2.45, 2.75) is 52.4 Å². The molecule has 0 bridgehead atoms. The van der Waals surface area contributed by atoms with Gasteiger partial charge >= 0.3 is 0 Å². The summed E-state index contributed by atoms with van der Waals surface area (Å²) in [6.07, 6.45) is 0. The molecule has 3 aromatic carbocycles. The molecule has 0 radical (unpaired) electrons. The van der Waals surface area contributed by atoms with E-state index in [1.165, 1.54) is 0 Å². The van der Waals surface area contributed by atoms with E-state index in [0.29, 0.717) is 15.9 Å². The molecule has 4 nitrogen and oxygen atoms in total. The van der Waals surface area contributed by atoms with Crippen LogP contribution in [0.25, 0.3) is 11.1 Å². The van der Waals surface area contributed by atoms with Gasteiger partial charge in [0.15, 0.2) is 8.38 Å². The summed E-state index contributed by atoms with van der Waals surface area (Å²) < 4.78 is 13.7. The van der Waals surface area contributed by atoms with Gasteiger partial charge in [-0.25, -0.2) is 0 Å². The lowest BCUT2D eigenvalue weighted by atomic mass is 9.81. The van der Waals surface area contributed by atoms with Gasteiger partial charge in [-0.3, -0.25) is 4.57 Å². The van der Waals surface area contributed by atoms with Gasteiger partial charge in [0.2, 0.25) is 0 Å². The van der Waals surface area contributed by atoms with Crippen LogP contribution in [0.15, 0.2) is 66.7 Å². The zero-order valence-corrected chi connectivity index (χ0v) is 21.3. The Kier molecular flexibility index (Phi) is 6.87. The molecular weight excluding hydrogens is 438 g/mol. The summed E-state index contributed by atoms with van der Waals surface area (Å²) in [5.74, 6) is 0. The molecule has 0 heterocycles. The summed E-state index contributed by atoms with van der Waals surface area (Å²) >= 11 is 0. The van der Waals surface area contributed by atoms with Gasteiger partial charge in [-0.05, 0) is 63.4 Å². The van der Waals surface area contributed by atoms with Crippen molar-refractivity contribution in [3.05, 3.63) is 77.9 Å². The number of benzene rings is 3. The fourth-order valence-corrected chi connectivity index (χ4v) is 5.90. The van der Waals surface area contributed by atoms with Gasteiger partial charge in [0, 0.05) is 15.9 Å². The average molecular weight is 470 g/mol. The molecule has 0 saturated carbocycles. The Balaban J connectivity index is 2.02. The van der Waals surface area contributed by atoms with Crippen molar-refractivity contribution in [1.29, 1.82) is 0 Å². The fourth-order valence-electron chi connectivity index (χ4n) is 3.65. The average Bonchev–Trinajstić information content (AvgIpc) is 2.72. The minimum atomic E-state index is -3.80. The molecule has 0 amide bonds. The Labute approximate surface area is 192 Å². The molecule has 170 valence electrons. The van der Waals surface area contributed by atoms with Crippen LogP contribution in [0.4, 0.5) is 0 Å². The number of hydrogen-bond acceptors (Lipinski definition) is 3. The summed E-state index contributed by atoms with van der Waals surface area (Å²) in [6.45, 7) is 12.6. The van der Waals surface area contributed by atoms with Crippen molar-refractivity contribution in [3.8, 4) is 11.1 Å². The lowest BCUT2D eigenvalue weighted by Gasteiger charge is -2.29. The van der Waals surface area contributed by atoms with E-state index in [2.05, 4.69) is 47.6 Å². The van der Waals surface area contributed by atoms with Crippen molar-refractivity contribution in [2.75, 3.05) is 0 Å². The highest BCUT2D eigenvalue weighted by Gasteiger charge is 2.32. The Morgan fingerprint density at radius 3 is 1.66 bits per heavy atom. The normalized spacial score (nSPS) is 14.4. The molecule has 3 rings (SSSR count). The molecule has 3 aromatic rings. The lowest BCUT2D eigenvalue weighted by molar-refractivity contribution is 0.496. The summed E-state index contributed by atoms with van der Waals surface area (Å²) in [5, 5.41) is 1.35. The molecule has 1 unspecified atom stereocenters. The Hall–Kier alpha value is -1.80. The molecular formula is C26H32O4P2. The molecule has 0 aliphatic heterocycles. The molecule has 0 aromatic heterocycles. The van der Waals surface area contributed by atoms with Crippen LogP contribution in [-0.4, -0.2) is 14.7 Å². The minimum absolute atomic E-state index is 0.0532. The monoisotopic (exact) mass is 470 g/mol. The van der Waals surface area contributed by atoms with Crippen molar-refractivity contribution < 1.29 is 19.2 Å². The van der Waals surface area contributed by atoms with E-state index in [9.17, 15) is 19.2 Å². The van der Waals surface area contributed by atoms with Crippen molar-refractivity contribution >= 4 is 31.7 Å². The second-order valence-corrected chi connectivity index (χ2v) is 13.4. The first-order chi connectivity index (χ1) is 14.7. The molecule has 0 spiro atoms. The van der Waals surface area contributed by atoms with E-state index in [0.717, 1.165) is 22.3 Å². The van der Waals surface area contributed by atoms with E-state index >= 15 is 0 Å². The van der Waals surface area contributed by atoms with Gasteiger partial charge in [0.05, 0.1) is 0 Å². The highest BCUT2D eigenvalue weighted by molar-refractivity contribution is 7.73. The zero-order chi connectivity index (χ0) is 23.9. The third-order valence-corrected chi connectivity index (χ3v) is 8.45. The fraction of sp³-hybridized carbons (Fsp3) is 0.308. The molecule has 32 heavy (non-hydrogen) atoms. The van der Waals surface area contributed by atoms with Crippen LogP contribution in [0, 0.1) is 0 Å². The smallest absolute Gasteiger partial charge is 0.259 e. The number of rotatable bonds is 4. The number of hydrogen-bond donors (Lipinski definition) is 3. The Morgan fingerprint density at radius 1 is 0.719 bits per heavy atom. The second kappa shape index (κ2) is 8.86. The summed E-state index contributed by atoms with van der Waals surface area (Å²) in [4.78, 5) is 29.9. The first kappa shape index (κ1) is 24.8. The van der Waals surface area contributed by atoms with Crippen LogP contribution >= 0.6 is 15.7 Å². The standard InChI is InChI=1S/C26H32O4P2/c1-25(2,3)20-11-16-24(23(17-20)26(4,5)6)32(29,30)22-14-9-19(10-15-22)18-7-12-21(13-8-18)31(27)28/h7-17,27-28H,1-6H3,(H,29,30). The van der Waals surface area contributed by atoms with Crippen molar-refractivity contribution in [3.63, 3.8) is 0 Å². The Morgan fingerprint density at radius 2 is 1.22 bits per heavy atom. The van der Waals surface area contributed by atoms with Gasteiger partial charge in [-0.15, -0.1) is 0 Å². The maximum absolute atomic E-state index is 13.7. The molecule has 0 aliphatic rings. The van der Waals surface area contributed by atoms with Crippen LogP contribution in [0.1, 0.15) is 52.7 Å². The molecule has 3 N–H and O–H groups in total. The lowest BCUT2D eigenvalue weighted by Crippen LogP contribution is -2.28. The van der Waals surface area contributed by atoms with Crippen LogP contribution in [0.3, 0.4) is 0 Å². The van der Waals surface area contributed by atoms with Gasteiger partial charge < -0.3 is 14.7 Å². The summed E-state index contributed by atoms with van der Waals surface area (Å²) in [6, 6.07) is 19.9. The first-order valence-electron chi connectivity index (χ1n) is 10.6. The van der Waals surface area contributed by atoms with Gasteiger partial charge in [-0.1, -0.05) is 77.9 Å². The van der Waals surface area contributed by atoms with Crippen LogP contribution in [-0.2, 0) is 15.4 Å². The van der Waals surface area contributed by atoms with E-state index in [4.69, 9.17) is 0 Å². The van der Waals surface area contributed by atoms with E-state index in [1.807, 2.05) is 36.4 Å². The van der Waals surface area contributed by atoms with E-state index in [-0.39, 0.29) is 10.8 Å². The van der Waals surface area contributed by atoms with E-state index < -0.39 is 15.7 Å². The SMILES string of the molecule is CC(C)(C)c1ccc(P(=O)(O)c2ccc(-c3ccc(P(O)O)cc3)cc2)c(C(C)(C)C)c1. The summed E-state index contributed by atoms with van der Waals surface area (Å²) in [5.41, 5.74) is 3.48. The summed E-state index contributed by atoms with van der Waals surface area (Å²) in [7, 11) is -5.92. The largest absolute Gasteiger partial charge is 0.347 e. The van der Waals surface area contributed by atoms with Crippen LogP contribution < -0.4 is 15.9 Å². The Bertz CT molecular complexity index is 1140. The van der Waals surface area contributed by atoms with Gasteiger partial charge in [-0.2, -0.15) is 0 Å². The van der Waals surface area contributed by atoms with Gasteiger partial charge in [0.25, 0.3) is 7.37 Å². The predicted molar refractivity (Wildman–Crippen MR) is 136 cm³/mol. The third kappa shape index (κ3) is 5.22. The third-order valence-electron chi connectivity index (χ3n) is 5.65. The highest BCUT2D eigenvalue weighted by Crippen LogP contribution is 2.43. The zero-order valence-electron chi connectivity index (χ0n) is 19.5. The van der Waals surface area contributed by atoms with Crippen molar-refractivity contribution in [2.24, 2.45) is 0 Å².